The molecule has 1 fully saturated rings. The van der Waals surface area contributed by atoms with E-state index in [0.29, 0.717) is 5.69 Å². The molecular weight excluding hydrogens is 382 g/mol. The highest BCUT2D eigenvalue weighted by molar-refractivity contribution is 6.15. The van der Waals surface area contributed by atoms with Gasteiger partial charge in [-0.15, -0.1) is 0 Å². The van der Waals surface area contributed by atoms with E-state index in [4.69, 9.17) is 4.74 Å². The highest BCUT2D eigenvalue weighted by Crippen LogP contribution is 2.19. The maximum Gasteiger partial charge on any atom is 0.329 e. The molecule has 0 radical (unpaired) electrons. The van der Waals surface area contributed by atoms with Gasteiger partial charge in [-0.1, -0.05) is 31.2 Å². The van der Waals surface area contributed by atoms with Gasteiger partial charge in [0, 0.05) is 5.69 Å². The summed E-state index contributed by atoms with van der Waals surface area (Å²) in [5.41, 5.74) is 2.47. The van der Waals surface area contributed by atoms with Gasteiger partial charge in [0.05, 0.1) is 6.10 Å². The summed E-state index contributed by atoms with van der Waals surface area (Å²) in [6, 6.07) is 13.9. The van der Waals surface area contributed by atoms with Gasteiger partial charge in [-0.05, 0) is 61.7 Å². The minimum absolute atomic E-state index is 0.115. The Hall–Kier alpha value is -3.61. The second kappa shape index (κ2) is 9.26. The second-order valence-electron chi connectivity index (χ2n) is 7.20. The fourth-order valence-corrected chi connectivity index (χ4v) is 2.91. The van der Waals surface area contributed by atoms with Crippen molar-refractivity contribution in [2.45, 2.75) is 33.3 Å². The first kappa shape index (κ1) is 21.1. The molecule has 0 spiro atoms. The molecule has 1 unspecified atom stereocenters. The summed E-state index contributed by atoms with van der Waals surface area (Å²) in [6.45, 7) is 5.59. The third-order valence-corrected chi connectivity index (χ3v) is 4.67. The molecule has 1 heterocycles. The predicted molar refractivity (Wildman–Crippen MR) is 115 cm³/mol. The van der Waals surface area contributed by atoms with Gasteiger partial charge in [0.25, 0.3) is 5.91 Å². The third kappa shape index (κ3) is 5.26. The number of amides is 4. The average Bonchev–Trinajstić information content (AvgIpc) is 2.96. The number of nitrogens with zero attached hydrogens (tertiary/aromatic N) is 1. The number of ether oxygens (including phenoxy) is 1. The Morgan fingerprint density at radius 3 is 2.60 bits per heavy atom. The Morgan fingerprint density at radius 2 is 1.93 bits per heavy atom. The van der Waals surface area contributed by atoms with Crippen molar-refractivity contribution < 1.29 is 19.1 Å². The van der Waals surface area contributed by atoms with Crippen molar-refractivity contribution >= 4 is 29.6 Å². The Morgan fingerprint density at radius 1 is 1.20 bits per heavy atom. The zero-order valence-electron chi connectivity index (χ0n) is 17.3. The van der Waals surface area contributed by atoms with Crippen LogP contribution in [0, 0.1) is 6.92 Å². The largest absolute Gasteiger partial charge is 0.491 e. The molecule has 2 aromatic rings. The van der Waals surface area contributed by atoms with Gasteiger partial charge in [-0.2, -0.15) is 0 Å². The average molecular weight is 407 g/mol. The molecule has 7 nitrogen and oxygen atoms in total. The van der Waals surface area contributed by atoms with Crippen molar-refractivity contribution in [3.05, 3.63) is 65.4 Å². The van der Waals surface area contributed by atoms with E-state index in [1.807, 2.05) is 51.1 Å². The van der Waals surface area contributed by atoms with Crippen LogP contribution in [0.3, 0.4) is 0 Å². The molecule has 1 saturated heterocycles. The Bertz CT molecular complexity index is 982. The molecular formula is C23H25N3O4. The van der Waals surface area contributed by atoms with E-state index in [0.717, 1.165) is 28.2 Å². The molecule has 0 aromatic heterocycles. The molecule has 2 N–H and O–H groups in total. The number of benzene rings is 2. The molecule has 2 aromatic carbocycles. The number of urea groups is 1. The molecule has 3 rings (SSSR count). The van der Waals surface area contributed by atoms with Crippen LogP contribution in [-0.2, 0) is 9.59 Å². The number of carbonyl (C=O) groups excluding carboxylic acids is 3. The first-order valence-electron chi connectivity index (χ1n) is 9.83. The smallest absolute Gasteiger partial charge is 0.329 e. The first-order valence-corrected chi connectivity index (χ1v) is 9.83. The Kier molecular flexibility index (Phi) is 6.51. The Balaban J connectivity index is 1.64. The summed E-state index contributed by atoms with van der Waals surface area (Å²) in [5, 5.41) is 5.22. The monoisotopic (exact) mass is 407 g/mol. The lowest BCUT2D eigenvalue weighted by atomic mass is 10.2. The molecule has 30 heavy (non-hydrogen) atoms. The summed E-state index contributed by atoms with van der Waals surface area (Å²) in [6.07, 6.45) is 2.59. The highest BCUT2D eigenvalue weighted by atomic mass is 16.5. The summed E-state index contributed by atoms with van der Waals surface area (Å²) >= 11 is 0. The molecule has 7 heteroatoms. The van der Waals surface area contributed by atoms with Gasteiger partial charge in [0.1, 0.15) is 18.0 Å². The lowest BCUT2D eigenvalue weighted by Crippen LogP contribution is -2.38. The number of hydrogen-bond donors (Lipinski definition) is 2. The molecule has 0 aliphatic carbocycles. The second-order valence-corrected chi connectivity index (χ2v) is 7.20. The number of aryl methyl sites for hydroxylation is 1. The number of nitrogens with one attached hydrogen (secondary N) is 2. The standard InChI is InChI=1S/C23H25N3O4/c1-4-16(3)30-19-10-8-17(9-11-19)13-20-22(28)26(23(29)25-20)14-21(27)24-18-7-5-6-15(2)12-18/h5-13,16H,4,14H2,1-3H3,(H,24,27)(H,25,29). The van der Waals surface area contributed by atoms with Crippen molar-refractivity contribution in [2.24, 2.45) is 0 Å². The van der Waals surface area contributed by atoms with E-state index < -0.39 is 17.8 Å². The molecule has 0 bridgehead atoms. The highest BCUT2D eigenvalue weighted by Gasteiger charge is 2.34. The number of hydrogen-bond acceptors (Lipinski definition) is 4. The fraction of sp³-hybridized carbons (Fsp3) is 0.261. The summed E-state index contributed by atoms with van der Waals surface area (Å²) in [4.78, 5) is 37.9. The number of imide groups is 1. The normalized spacial score (nSPS) is 15.8. The van der Waals surface area contributed by atoms with Gasteiger partial charge < -0.3 is 15.4 Å². The number of anilines is 1. The van der Waals surface area contributed by atoms with Crippen LogP contribution in [0.1, 0.15) is 31.4 Å². The van der Waals surface area contributed by atoms with Gasteiger partial charge in [0.2, 0.25) is 5.91 Å². The molecule has 156 valence electrons. The van der Waals surface area contributed by atoms with Gasteiger partial charge >= 0.3 is 6.03 Å². The SMILES string of the molecule is CCC(C)Oc1ccc(C=C2NC(=O)N(CC(=O)Nc3cccc(C)c3)C2=O)cc1. The summed E-state index contributed by atoms with van der Waals surface area (Å²) < 4.78 is 5.73. The van der Waals surface area contributed by atoms with Crippen LogP contribution in [0.5, 0.6) is 5.75 Å². The van der Waals surface area contributed by atoms with Gasteiger partial charge in [0.15, 0.2) is 0 Å². The quantitative estimate of drug-likeness (QED) is 0.541. The number of rotatable bonds is 7. The van der Waals surface area contributed by atoms with Crippen LogP contribution in [-0.4, -0.2) is 35.4 Å². The minimum Gasteiger partial charge on any atom is -0.491 e. The number of carbonyl (C=O) groups is 3. The minimum atomic E-state index is -0.623. The maximum atomic E-state index is 12.6. The summed E-state index contributed by atoms with van der Waals surface area (Å²) in [7, 11) is 0. The van der Waals surface area contributed by atoms with E-state index in [1.165, 1.54) is 0 Å². The molecule has 1 aliphatic rings. The van der Waals surface area contributed by atoms with Crippen LogP contribution in [0.4, 0.5) is 10.5 Å². The first-order chi connectivity index (χ1) is 14.4. The van der Waals surface area contributed by atoms with Crippen LogP contribution >= 0.6 is 0 Å². The maximum absolute atomic E-state index is 12.6. The molecule has 1 aliphatic heterocycles. The topological polar surface area (TPSA) is 87.7 Å². The van der Waals surface area contributed by atoms with Crippen molar-refractivity contribution in [1.82, 2.24) is 10.2 Å². The van der Waals surface area contributed by atoms with Crippen molar-refractivity contribution in [1.29, 1.82) is 0 Å². The third-order valence-electron chi connectivity index (χ3n) is 4.67. The van der Waals surface area contributed by atoms with Gasteiger partial charge in [-0.25, -0.2) is 9.69 Å². The van der Waals surface area contributed by atoms with Gasteiger partial charge in [-0.3, -0.25) is 9.59 Å². The van der Waals surface area contributed by atoms with E-state index in [2.05, 4.69) is 10.6 Å². The van der Waals surface area contributed by atoms with Crippen LogP contribution < -0.4 is 15.4 Å². The van der Waals surface area contributed by atoms with E-state index in [9.17, 15) is 14.4 Å². The lowest BCUT2D eigenvalue weighted by molar-refractivity contribution is -0.127. The van der Waals surface area contributed by atoms with Crippen LogP contribution in [0.15, 0.2) is 54.2 Å². The Labute approximate surface area is 175 Å². The fourth-order valence-electron chi connectivity index (χ4n) is 2.91. The lowest BCUT2D eigenvalue weighted by Gasteiger charge is -2.12. The summed E-state index contributed by atoms with van der Waals surface area (Å²) in [5.74, 6) is -0.251. The van der Waals surface area contributed by atoms with E-state index >= 15 is 0 Å². The zero-order chi connectivity index (χ0) is 21.7. The predicted octanol–water partition coefficient (Wildman–Crippen LogP) is 3.70. The molecule has 4 amide bonds. The van der Waals surface area contributed by atoms with E-state index in [-0.39, 0.29) is 18.3 Å². The zero-order valence-corrected chi connectivity index (χ0v) is 17.3. The van der Waals surface area contributed by atoms with Crippen molar-refractivity contribution in [2.75, 3.05) is 11.9 Å². The van der Waals surface area contributed by atoms with Crippen LogP contribution in [0.25, 0.3) is 6.08 Å². The van der Waals surface area contributed by atoms with E-state index in [1.54, 1.807) is 24.3 Å². The van der Waals surface area contributed by atoms with Crippen molar-refractivity contribution in [3.8, 4) is 5.75 Å². The van der Waals surface area contributed by atoms with Crippen LogP contribution in [0.2, 0.25) is 0 Å². The molecule has 1 atom stereocenters. The molecule has 0 saturated carbocycles. The van der Waals surface area contributed by atoms with Crippen molar-refractivity contribution in [3.63, 3.8) is 0 Å².